The van der Waals surface area contributed by atoms with Gasteiger partial charge in [-0.1, -0.05) is 0 Å². The molecule has 1 amide bonds. The minimum Gasteiger partial charge on any atom is -0.467 e. The lowest BCUT2D eigenvalue weighted by atomic mass is 10.1. The Morgan fingerprint density at radius 3 is 2.47 bits per heavy atom. The van der Waals surface area contributed by atoms with Crippen LogP contribution in [0.4, 0.5) is 9.18 Å². The van der Waals surface area contributed by atoms with E-state index in [0.717, 1.165) is 7.11 Å². The molecular formula is C12H17FN2O4. The van der Waals surface area contributed by atoms with E-state index in [2.05, 4.69) is 10.1 Å². The molecule has 0 spiro atoms. The molecule has 0 heterocycles. The molecule has 19 heavy (non-hydrogen) atoms. The molecule has 1 unspecified atom stereocenters. The summed E-state index contributed by atoms with van der Waals surface area (Å²) in [6.45, 7) is 4.92. The van der Waals surface area contributed by atoms with E-state index in [9.17, 15) is 14.0 Å². The zero-order valence-corrected chi connectivity index (χ0v) is 11.4. The Balaban J connectivity index is 2.84. The van der Waals surface area contributed by atoms with Gasteiger partial charge in [0.1, 0.15) is 5.60 Å². The Morgan fingerprint density at radius 1 is 1.47 bits per heavy atom. The van der Waals surface area contributed by atoms with Crippen molar-refractivity contribution in [3.05, 3.63) is 0 Å². The SMILES string of the molecule is COC(=O)C1(NC(=O)OC(C)(C)C)C[C@@]1(F)CC#N. The number of methoxy groups -OCH3 is 1. The molecule has 1 fully saturated rings. The number of nitrogens with zero attached hydrogens (tertiary/aromatic N) is 1. The molecule has 0 bridgehead atoms. The van der Waals surface area contributed by atoms with Crippen molar-refractivity contribution in [1.29, 1.82) is 5.26 Å². The van der Waals surface area contributed by atoms with Gasteiger partial charge in [0.05, 0.1) is 19.6 Å². The van der Waals surface area contributed by atoms with E-state index in [1.54, 1.807) is 26.8 Å². The third kappa shape index (κ3) is 2.95. The maximum atomic E-state index is 14.3. The van der Waals surface area contributed by atoms with E-state index in [-0.39, 0.29) is 6.42 Å². The summed E-state index contributed by atoms with van der Waals surface area (Å²) in [7, 11) is 1.09. The number of alkyl carbamates (subject to hydrolysis) is 1. The number of halogens is 1. The highest BCUT2D eigenvalue weighted by atomic mass is 19.1. The third-order valence-electron chi connectivity index (χ3n) is 2.79. The molecule has 1 N–H and O–H groups in total. The normalized spacial score (nSPS) is 29.1. The van der Waals surface area contributed by atoms with Gasteiger partial charge < -0.3 is 14.8 Å². The van der Waals surface area contributed by atoms with Crippen molar-refractivity contribution in [2.45, 2.75) is 50.4 Å². The summed E-state index contributed by atoms with van der Waals surface area (Å²) in [4.78, 5) is 23.3. The summed E-state index contributed by atoms with van der Waals surface area (Å²) < 4.78 is 23.7. The molecule has 6 nitrogen and oxygen atoms in total. The Morgan fingerprint density at radius 2 is 2.05 bits per heavy atom. The molecular weight excluding hydrogens is 255 g/mol. The van der Waals surface area contributed by atoms with Crippen molar-refractivity contribution in [2.24, 2.45) is 0 Å². The zero-order valence-electron chi connectivity index (χ0n) is 11.4. The van der Waals surface area contributed by atoms with Crippen LogP contribution < -0.4 is 5.32 Å². The van der Waals surface area contributed by atoms with Crippen LogP contribution in [-0.4, -0.2) is 36.0 Å². The molecule has 0 radical (unpaired) electrons. The highest BCUT2D eigenvalue weighted by Crippen LogP contribution is 2.54. The van der Waals surface area contributed by atoms with Gasteiger partial charge in [-0.15, -0.1) is 0 Å². The fourth-order valence-electron chi connectivity index (χ4n) is 1.83. The number of hydrogen-bond donors (Lipinski definition) is 1. The van der Waals surface area contributed by atoms with Crippen LogP contribution in [0.5, 0.6) is 0 Å². The van der Waals surface area contributed by atoms with Gasteiger partial charge in [0, 0.05) is 6.42 Å². The molecule has 0 saturated heterocycles. The van der Waals surface area contributed by atoms with Crippen LogP contribution in [0.1, 0.15) is 33.6 Å². The quantitative estimate of drug-likeness (QED) is 0.785. The predicted molar refractivity (Wildman–Crippen MR) is 62.8 cm³/mol. The lowest BCUT2D eigenvalue weighted by Crippen LogP contribution is -2.50. The number of rotatable bonds is 3. The molecule has 0 aromatic carbocycles. The number of carbonyl (C=O) groups is 2. The third-order valence-corrected chi connectivity index (χ3v) is 2.79. The smallest absolute Gasteiger partial charge is 0.408 e. The highest BCUT2D eigenvalue weighted by Gasteiger charge is 2.76. The lowest BCUT2D eigenvalue weighted by molar-refractivity contribution is -0.145. The highest BCUT2D eigenvalue weighted by molar-refractivity contribution is 5.92. The summed E-state index contributed by atoms with van der Waals surface area (Å²) in [6, 6.07) is 1.65. The Hall–Kier alpha value is -1.84. The van der Waals surface area contributed by atoms with Crippen molar-refractivity contribution in [2.75, 3.05) is 7.11 Å². The van der Waals surface area contributed by atoms with Gasteiger partial charge >= 0.3 is 12.1 Å². The maximum absolute atomic E-state index is 14.3. The molecule has 0 aromatic rings. The number of nitrogens with one attached hydrogen (secondary N) is 1. The summed E-state index contributed by atoms with van der Waals surface area (Å²) >= 11 is 0. The van der Waals surface area contributed by atoms with Crippen LogP contribution in [0, 0.1) is 11.3 Å². The molecule has 1 aliphatic carbocycles. The van der Waals surface area contributed by atoms with E-state index >= 15 is 0 Å². The number of nitriles is 1. The van der Waals surface area contributed by atoms with Gasteiger partial charge in [-0.3, -0.25) is 0 Å². The molecule has 106 valence electrons. The second kappa shape index (κ2) is 4.68. The molecule has 2 atom stereocenters. The van der Waals surface area contributed by atoms with E-state index in [1.807, 2.05) is 0 Å². The van der Waals surface area contributed by atoms with Crippen LogP contribution in [0.3, 0.4) is 0 Å². The Labute approximate surface area is 110 Å². The van der Waals surface area contributed by atoms with Gasteiger partial charge in [-0.05, 0) is 20.8 Å². The summed E-state index contributed by atoms with van der Waals surface area (Å²) in [5, 5.41) is 10.8. The first-order valence-corrected chi connectivity index (χ1v) is 5.76. The topological polar surface area (TPSA) is 88.4 Å². The number of esters is 1. The van der Waals surface area contributed by atoms with Crippen molar-refractivity contribution in [3.63, 3.8) is 0 Å². The van der Waals surface area contributed by atoms with Gasteiger partial charge in [-0.25, -0.2) is 14.0 Å². The van der Waals surface area contributed by atoms with Crippen LogP contribution >= 0.6 is 0 Å². The van der Waals surface area contributed by atoms with Gasteiger partial charge in [-0.2, -0.15) is 5.26 Å². The number of hydrogen-bond acceptors (Lipinski definition) is 5. The summed E-state index contributed by atoms with van der Waals surface area (Å²) in [5.74, 6) is -0.920. The predicted octanol–water partition coefficient (Wildman–Crippen LogP) is 1.45. The Bertz CT molecular complexity index is 440. The standard InChI is InChI=1S/C12H17FN2O4/c1-10(2,3)19-9(17)15-12(8(16)18-4)7-11(12,13)5-6-14/h5,7H2,1-4H3,(H,15,17)/t11-,12?/m0/s1. The first kappa shape index (κ1) is 15.2. The van der Waals surface area contributed by atoms with E-state index in [1.165, 1.54) is 0 Å². The monoisotopic (exact) mass is 272 g/mol. The number of alkyl halides is 1. The van der Waals surface area contributed by atoms with Crippen LogP contribution in [0.15, 0.2) is 0 Å². The largest absolute Gasteiger partial charge is 0.467 e. The average molecular weight is 272 g/mol. The maximum Gasteiger partial charge on any atom is 0.408 e. The second-order valence-electron chi connectivity index (χ2n) is 5.50. The number of amides is 1. The minimum atomic E-state index is -2.11. The van der Waals surface area contributed by atoms with Crippen molar-refractivity contribution >= 4 is 12.1 Å². The zero-order chi connectivity index (χ0) is 14.9. The molecule has 0 aliphatic heterocycles. The fourth-order valence-corrected chi connectivity index (χ4v) is 1.83. The molecule has 1 saturated carbocycles. The van der Waals surface area contributed by atoms with Gasteiger partial charge in [0.25, 0.3) is 0 Å². The van der Waals surface area contributed by atoms with E-state index in [4.69, 9.17) is 10.00 Å². The van der Waals surface area contributed by atoms with Crippen molar-refractivity contribution < 1.29 is 23.5 Å². The number of ether oxygens (including phenoxy) is 2. The minimum absolute atomic E-state index is 0.292. The van der Waals surface area contributed by atoms with Crippen molar-refractivity contribution in [1.82, 2.24) is 5.32 Å². The van der Waals surface area contributed by atoms with Crippen LogP contribution in [-0.2, 0) is 14.3 Å². The number of carbonyl (C=O) groups excluding carboxylic acids is 2. The molecule has 1 aliphatic rings. The van der Waals surface area contributed by atoms with E-state index in [0.29, 0.717) is 0 Å². The second-order valence-corrected chi connectivity index (χ2v) is 5.50. The first-order valence-electron chi connectivity index (χ1n) is 5.76. The van der Waals surface area contributed by atoms with E-state index < -0.39 is 35.3 Å². The van der Waals surface area contributed by atoms with Crippen LogP contribution in [0.25, 0.3) is 0 Å². The molecule has 7 heteroatoms. The fraction of sp³-hybridized carbons (Fsp3) is 0.750. The van der Waals surface area contributed by atoms with Crippen molar-refractivity contribution in [3.8, 4) is 6.07 Å². The summed E-state index contributed by atoms with van der Waals surface area (Å²) in [6.07, 6.45) is -1.72. The van der Waals surface area contributed by atoms with Crippen LogP contribution in [0.2, 0.25) is 0 Å². The first-order chi connectivity index (χ1) is 8.60. The lowest BCUT2D eigenvalue weighted by Gasteiger charge is -2.23. The van der Waals surface area contributed by atoms with Gasteiger partial charge in [0.15, 0.2) is 11.2 Å². The van der Waals surface area contributed by atoms with Gasteiger partial charge in [0.2, 0.25) is 0 Å². The molecule has 1 rings (SSSR count). The summed E-state index contributed by atoms with van der Waals surface area (Å²) in [5.41, 5.74) is -4.70. The Kier molecular flexibility index (Phi) is 3.75. The molecule has 0 aromatic heterocycles. The average Bonchev–Trinajstić information content (AvgIpc) is 2.80.